The summed E-state index contributed by atoms with van der Waals surface area (Å²) in [5.41, 5.74) is 6.80. The number of rotatable bonds is 2. The van der Waals surface area contributed by atoms with Gasteiger partial charge in [-0.25, -0.2) is 9.13 Å². The molecule has 2 heterocycles. The van der Waals surface area contributed by atoms with E-state index in [9.17, 15) is 0 Å². The third kappa shape index (κ3) is 2.79. The number of para-hydroxylation sites is 4. The first kappa shape index (κ1) is 17.6. The van der Waals surface area contributed by atoms with Crippen LogP contribution in [0.25, 0.3) is 33.4 Å². The number of aryl methyl sites for hydroxylation is 2. The van der Waals surface area contributed by atoms with Crippen LogP contribution in [-0.2, 0) is 33.9 Å². The van der Waals surface area contributed by atoms with Crippen molar-refractivity contribution in [3.8, 4) is 11.4 Å². The molecule has 0 N–H and O–H groups in total. The summed E-state index contributed by atoms with van der Waals surface area (Å²) in [6, 6.07) is 26.7. The van der Waals surface area contributed by atoms with E-state index in [2.05, 4.69) is 118 Å². The fraction of sp³-hybridized carbons (Fsp3) is 0.0909. The van der Waals surface area contributed by atoms with Gasteiger partial charge < -0.3 is 0 Å². The Morgan fingerprint density at radius 3 is 1.44 bits per heavy atom. The standard InChI is InChI=1S/C22H19N4.Os/c1-23-15-25(21-12-5-3-10-19(21)23)17-8-7-9-18(14-17)26-16-24(2)20-11-4-6-13-22(20)26;/h3-13,15-16H,1-2H3;/q2*+1. The monoisotopic (exact) mass is 531 g/mol. The largest absolute Gasteiger partial charge is 1.00 e. The van der Waals surface area contributed by atoms with Crippen molar-refractivity contribution in [1.82, 2.24) is 18.3 Å². The minimum absolute atomic E-state index is 0. The predicted octanol–water partition coefficient (Wildman–Crippen LogP) is 4.61. The van der Waals surface area contributed by atoms with E-state index >= 15 is 0 Å². The molecule has 27 heavy (non-hydrogen) atoms. The third-order valence-electron chi connectivity index (χ3n) is 4.90. The molecule has 0 aliphatic rings. The van der Waals surface area contributed by atoms with E-state index in [0.29, 0.717) is 0 Å². The fourth-order valence-electron chi connectivity index (χ4n) is 3.64. The van der Waals surface area contributed by atoms with E-state index in [0.717, 1.165) is 11.4 Å². The van der Waals surface area contributed by atoms with Crippen LogP contribution in [0.4, 0.5) is 0 Å². The second-order valence-corrected chi connectivity index (χ2v) is 6.59. The van der Waals surface area contributed by atoms with Crippen LogP contribution in [0.3, 0.4) is 0 Å². The number of benzene rings is 3. The molecule has 5 rings (SSSR count). The van der Waals surface area contributed by atoms with E-state index in [-0.39, 0.29) is 19.8 Å². The fourth-order valence-corrected chi connectivity index (χ4v) is 3.64. The molecule has 2 aromatic heterocycles. The SMILES string of the molecule is Cn1[cH+]n(-c2[c-]c(-n3[cH+]n(C)c4ccccc43)ccc2)c2ccccc21.[Os+]. The molecule has 0 aliphatic heterocycles. The number of aromatic nitrogens is 4. The summed E-state index contributed by atoms with van der Waals surface area (Å²) < 4.78 is 8.65. The van der Waals surface area contributed by atoms with E-state index < -0.39 is 0 Å². The molecule has 0 saturated carbocycles. The van der Waals surface area contributed by atoms with Gasteiger partial charge >= 0.3 is 19.8 Å². The first-order valence-corrected chi connectivity index (χ1v) is 8.67. The van der Waals surface area contributed by atoms with Gasteiger partial charge in [-0.05, 0) is 30.3 Å². The molecule has 3 aromatic carbocycles. The van der Waals surface area contributed by atoms with Crippen molar-refractivity contribution in [1.29, 1.82) is 0 Å². The van der Waals surface area contributed by atoms with E-state index in [1.165, 1.54) is 22.1 Å². The molecule has 133 valence electrons. The molecule has 5 heteroatoms. The zero-order valence-electron chi connectivity index (χ0n) is 15.1. The van der Waals surface area contributed by atoms with E-state index in [1.807, 2.05) is 0 Å². The van der Waals surface area contributed by atoms with Crippen LogP contribution in [-0.4, -0.2) is 18.3 Å². The summed E-state index contributed by atoms with van der Waals surface area (Å²) in [5, 5.41) is 0. The van der Waals surface area contributed by atoms with Crippen LogP contribution in [0.2, 0.25) is 0 Å². The van der Waals surface area contributed by atoms with Crippen molar-refractivity contribution >= 4 is 22.1 Å². The number of imidazole rings is 2. The van der Waals surface area contributed by atoms with Crippen LogP contribution >= 0.6 is 0 Å². The molecule has 1 radical (unpaired) electrons. The average molecular weight is 530 g/mol. The van der Waals surface area contributed by atoms with Gasteiger partial charge in [0.2, 0.25) is 0 Å². The average Bonchev–Trinajstić information content (AvgIpc) is 3.20. The molecular formula is C22H19N4Os+2. The minimum Gasteiger partial charge on any atom is -0.248 e. The van der Waals surface area contributed by atoms with Crippen molar-refractivity contribution in [3.05, 3.63) is 85.5 Å². The number of fused-ring (bicyclic) bond motifs is 2. The summed E-state index contributed by atoms with van der Waals surface area (Å²) in [7, 11) is 4.14. The molecule has 0 unspecified atom stereocenters. The Hall–Kier alpha value is -2.76. The Bertz CT molecular complexity index is 1170. The maximum atomic E-state index is 3.59. The smallest absolute Gasteiger partial charge is 0.248 e. The van der Waals surface area contributed by atoms with Gasteiger partial charge in [0.05, 0.1) is 0 Å². The number of hydrogen-bond donors (Lipinski definition) is 0. The normalized spacial score (nSPS) is 11.0. The molecular weight excluding hydrogens is 511 g/mol. The topological polar surface area (TPSA) is 19.7 Å². The number of nitrogens with zero attached hydrogens (tertiary/aromatic N) is 4. The zero-order valence-corrected chi connectivity index (χ0v) is 17.7. The van der Waals surface area contributed by atoms with Crippen molar-refractivity contribution in [2.24, 2.45) is 14.1 Å². The van der Waals surface area contributed by atoms with E-state index in [4.69, 9.17) is 0 Å². The van der Waals surface area contributed by atoms with Gasteiger partial charge in [0.25, 0.3) is 0 Å². The van der Waals surface area contributed by atoms with Gasteiger partial charge in [-0.1, -0.05) is 0 Å². The van der Waals surface area contributed by atoms with Crippen LogP contribution in [0.5, 0.6) is 0 Å². The predicted molar refractivity (Wildman–Crippen MR) is 106 cm³/mol. The van der Waals surface area contributed by atoms with Crippen molar-refractivity contribution in [2.75, 3.05) is 0 Å². The summed E-state index contributed by atoms with van der Waals surface area (Å²) in [5.74, 6) is 0. The number of hydrogen-bond acceptors (Lipinski definition) is 0. The first-order chi connectivity index (χ1) is 12.7. The second-order valence-electron chi connectivity index (χ2n) is 6.59. The van der Waals surface area contributed by atoms with Crippen molar-refractivity contribution < 1.29 is 19.8 Å². The van der Waals surface area contributed by atoms with Crippen molar-refractivity contribution in [2.45, 2.75) is 0 Å². The van der Waals surface area contributed by atoms with Crippen LogP contribution in [0, 0.1) is 6.07 Å². The summed E-state index contributed by atoms with van der Waals surface area (Å²) in [4.78, 5) is 0. The van der Waals surface area contributed by atoms with Crippen LogP contribution in [0.15, 0.2) is 79.4 Å². The maximum Gasteiger partial charge on any atom is 1.00 e. The van der Waals surface area contributed by atoms with Gasteiger partial charge in [0, 0.05) is 49.7 Å². The van der Waals surface area contributed by atoms with E-state index in [1.54, 1.807) is 0 Å². The van der Waals surface area contributed by atoms with Gasteiger partial charge in [-0.15, -0.1) is 18.2 Å². The Labute approximate surface area is 171 Å². The zero-order chi connectivity index (χ0) is 17.7. The molecule has 0 saturated heterocycles. The quantitative estimate of drug-likeness (QED) is 0.298. The summed E-state index contributed by atoms with van der Waals surface area (Å²) >= 11 is 0. The minimum atomic E-state index is 0. The summed E-state index contributed by atoms with van der Waals surface area (Å²) in [6.07, 6.45) is 4.21. The molecule has 0 spiro atoms. The Balaban J connectivity index is 0.00000180. The van der Waals surface area contributed by atoms with Gasteiger partial charge in [0.1, 0.15) is 0 Å². The molecule has 0 aliphatic carbocycles. The van der Waals surface area contributed by atoms with Gasteiger partial charge in [0.15, 0.2) is 34.7 Å². The molecule has 0 atom stereocenters. The maximum absolute atomic E-state index is 3.59. The Morgan fingerprint density at radius 1 is 0.593 bits per heavy atom. The second kappa shape index (κ2) is 6.76. The van der Waals surface area contributed by atoms with Crippen LogP contribution in [0.1, 0.15) is 0 Å². The molecule has 4 nitrogen and oxygen atoms in total. The summed E-state index contributed by atoms with van der Waals surface area (Å²) in [6.45, 7) is 0. The molecule has 5 aromatic rings. The third-order valence-corrected chi connectivity index (χ3v) is 4.90. The molecule has 0 amide bonds. The van der Waals surface area contributed by atoms with Crippen LogP contribution < -0.4 is 0 Å². The molecule has 0 bridgehead atoms. The Morgan fingerprint density at radius 2 is 1.00 bits per heavy atom. The first-order valence-electron chi connectivity index (χ1n) is 8.67. The molecule has 0 fully saturated rings. The Kier molecular flexibility index (Phi) is 4.41. The van der Waals surface area contributed by atoms with Crippen molar-refractivity contribution in [3.63, 3.8) is 0 Å². The van der Waals surface area contributed by atoms with Gasteiger partial charge in [-0.2, -0.15) is 9.13 Å². The van der Waals surface area contributed by atoms with Gasteiger partial charge in [-0.3, -0.25) is 0 Å².